The maximum absolute atomic E-state index is 12.3. The molecule has 1 amide bonds. The normalized spacial score (nSPS) is 9.44. The highest BCUT2D eigenvalue weighted by atomic mass is 32.1. The third-order valence-electron chi connectivity index (χ3n) is 0.883. The molecule has 1 aromatic rings. The van der Waals surface area contributed by atoms with E-state index in [4.69, 9.17) is 5.73 Å². The van der Waals surface area contributed by atoms with Crippen molar-refractivity contribution in [1.29, 1.82) is 0 Å². The standard InChI is InChI=1S/C5H4FNOS/c6-4-3(5(7)8)1-2-9-4/h1-2H,(H2,7,8). The summed E-state index contributed by atoms with van der Waals surface area (Å²) in [5.74, 6) is -0.714. The van der Waals surface area contributed by atoms with Crippen molar-refractivity contribution < 1.29 is 9.18 Å². The van der Waals surface area contributed by atoms with Crippen LogP contribution in [-0.2, 0) is 0 Å². The van der Waals surface area contributed by atoms with Gasteiger partial charge < -0.3 is 5.73 Å². The van der Waals surface area contributed by atoms with Crippen LogP contribution < -0.4 is 5.73 Å². The zero-order valence-electron chi connectivity index (χ0n) is 4.43. The average molecular weight is 145 g/mol. The van der Waals surface area contributed by atoms with Crippen molar-refractivity contribution >= 4 is 17.2 Å². The van der Waals surface area contributed by atoms with E-state index in [1.165, 1.54) is 11.4 Å². The molecule has 0 saturated carbocycles. The second-order valence-corrected chi connectivity index (χ2v) is 2.34. The molecule has 0 spiro atoms. The van der Waals surface area contributed by atoms with Crippen molar-refractivity contribution in [2.75, 3.05) is 0 Å². The molecule has 0 aromatic carbocycles. The highest BCUT2D eigenvalue weighted by molar-refractivity contribution is 7.08. The number of hydrogen-bond donors (Lipinski definition) is 1. The molecule has 2 N–H and O–H groups in total. The molecule has 0 aliphatic rings. The lowest BCUT2D eigenvalue weighted by Gasteiger charge is -1.84. The molecular weight excluding hydrogens is 141 g/mol. The van der Waals surface area contributed by atoms with E-state index in [1.54, 1.807) is 0 Å². The maximum Gasteiger partial charge on any atom is 0.252 e. The van der Waals surface area contributed by atoms with Crippen LogP contribution in [0.3, 0.4) is 0 Å². The Morgan fingerprint density at radius 3 is 2.67 bits per heavy atom. The monoisotopic (exact) mass is 145 g/mol. The summed E-state index contributed by atoms with van der Waals surface area (Å²) in [4.78, 5) is 10.3. The van der Waals surface area contributed by atoms with Gasteiger partial charge in [0.25, 0.3) is 5.91 Å². The van der Waals surface area contributed by atoms with Gasteiger partial charge in [-0.3, -0.25) is 4.79 Å². The van der Waals surface area contributed by atoms with E-state index < -0.39 is 11.0 Å². The summed E-state index contributed by atoms with van der Waals surface area (Å²) < 4.78 is 12.3. The Labute approximate surface area is 55.1 Å². The fourth-order valence-corrected chi connectivity index (χ4v) is 1.09. The molecule has 0 aliphatic carbocycles. The third-order valence-corrected chi connectivity index (χ3v) is 1.58. The van der Waals surface area contributed by atoms with E-state index >= 15 is 0 Å². The molecule has 9 heavy (non-hydrogen) atoms. The topological polar surface area (TPSA) is 43.1 Å². The average Bonchev–Trinajstić information content (AvgIpc) is 2.13. The molecule has 4 heteroatoms. The summed E-state index contributed by atoms with van der Waals surface area (Å²) >= 11 is 0.865. The van der Waals surface area contributed by atoms with Crippen molar-refractivity contribution in [2.24, 2.45) is 5.73 Å². The number of halogens is 1. The van der Waals surface area contributed by atoms with Gasteiger partial charge in [-0.05, 0) is 11.4 Å². The molecule has 1 aromatic heterocycles. The third kappa shape index (κ3) is 1.08. The fourth-order valence-electron chi connectivity index (χ4n) is 0.470. The SMILES string of the molecule is NC(=O)c1ccsc1F. The van der Waals surface area contributed by atoms with Crippen molar-refractivity contribution in [2.45, 2.75) is 0 Å². The Bertz CT molecular complexity index is 233. The number of rotatable bonds is 1. The van der Waals surface area contributed by atoms with Crippen LogP contribution in [0.25, 0.3) is 0 Å². The van der Waals surface area contributed by atoms with Crippen LogP contribution in [-0.4, -0.2) is 5.91 Å². The lowest BCUT2D eigenvalue weighted by molar-refractivity contribution is 0.0997. The predicted molar refractivity (Wildman–Crippen MR) is 32.8 cm³/mol. The first-order chi connectivity index (χ1) is 4.22. The van der Waals surface area contributed by atoms with Gasteiger partial charge in [-0.25, -0.2) is 0 Å². The van der Waals surface area contributed by atoms with Gasteiger partial charge in [0.15, 0.2) is 5.13 Å². The van der Waals surface area contributed by atoms with Crippen molar-refractivity contribution in [3.63, 3.8) is 0 Å². The Kier molecular flexibility index (Phi) is 1.48. The molecular formula is C5H4FNOS. The molecule has 0 aliphatic heterocycles. The predicted octanol–water partition coefficient (Wildman–Crippen LogP) is 0.986. The summed E-state index contributed by atoms with van der Waals surface area (Å²) in [5.41, 5.74) is 4.76. The molecule has 0 radical (unpaired) electrons. The zero-order chi connectivity index (χ0) is 6.85. The second-order valence-electron chi connectivity index (χ2n) is 1.47. The van der Waals surface area contributed by atoms with Gasteiger partial charge in [-0.1, -0.05) is 0 Å². The highest BCUT2D eigenvalue weighted by Crippen LogP contribution is 2.12. The second kappa shape index (κ2) is 2.14. The van der Waals surface area contributed by atoms with Crippen molar-refractivity contribution in [3.8, 4) is 0 Å². The van der Waals surface area contributed by atoms with Gasteiger partial charge in [0.1, 0.15) is 0 Å². The van der Waals surface area contributed by atoms with E-state index in [-0.39, 0.29) is 5.56 Å². The van der Waals surface area contributed by atoms with Crippen LogP contribution in [0.4, 0.5) is 4.39 Å². The van der Waals surface area contributed by atoms with Gasteiger partial charge in [0.2, 0.25) is 0 Å². The van der Waals surface area contributed by atoms with Crippen LogP contribution in [0.5, 0.6) is 0 Å². The molecule has 0 bridgehead atoms. The number of amides is 1. The van der Waals surface area contributed by atoms with Crippen LogP contribution in [0.15, 0.2) is 11.4 Å². The fraction of sp³-hybridized carbons (Fsp3) is 0. The minimum atomic E-state index is -0.714. The Morgan fingerprint density at radius 2 is 2.44 bits per heavy atom. The summed E-state index contributed by atoms with van der Waals surface area (Å²) in [6, 6.07) is 1.36. The largest absolute Gasteiger partial charge is 0.365 e. The number of primary amides is 1. The first-order valence-electron chi connectivity index (χ1n) is 2.24. The molecule has 1 rings (SSSR count). The van der Waals surface area contributed by atoms with E-state index in [9.17, 15) is 9.18 Å². The summed E-state index contributed by atoms with van der Waals surface area (Å²) in [5, 5.41) is 0.970. The minimum absolute atomic E-state index is 0.0278. The quantitative estimate of drug-likeness (QED) is 0.629. The first-order valence-corrected chi connectivity index (χ1v) is 3.12. The lowest BCUT2D eigenvalue weighted by atomic mass is 10.3. The zero-order valence-corrected chi connectivity index (χ0v) is 5.24. The smallest absolute Gasteiger partial charge is 0.252 e. The number of nitrogens with two attached hydrogens (primary N) is 1. The number of carbonyl (C=O) groups excluding carboxylic acids is 1. The van der Waals surface area contributed by atoms with Crippen molar-refractivity contribution in [1.82, 2.24) is 0 Å². The lowest BCUT2D eigenvalue weighted by Crippen LogP contribution is -2.10. The number of thiophene rings is 1. The highest BCUT2D eigenvalue weighted by Gasteiger charge is 2.06. The maximum atomic E-state index is 12.3. The molecule has 2 nitrogen and oxygen atoms in total. The van der Waals surface area contributed by atoms with E-state index in [1.807, 2.05) is 0 Å². The Hall–Kier alpha value is -0.900. The first kappa shape index (κ1) is 6.22. The summed E-state index contributed by atoms with van der Waals surface area (Å²) in [6.07, 6.45) is 0. The van der Waals surface area contributed by atoms with Crippen LogP contribution in [0.2, 0.25) is 0 Å². The van der Waals surface area contributed by atoms with Gasteiger partial charge in [-0.2, -0.15) is 4.39 Å². The number of carbonyl (C=O) groups is 1. The summed E-state index contributed by atoms with van der Waals surface area (Å²) in [6.45, 7) is 0. The number of hydrogen-bond acceptors (Lipinski definition) is 2. The van der Waals surface area contributed by atoms with Gasteiger partial charge in [0.05, 0.1) is 5.56 Å². The molecule has 1 heterocycles. The molecule has 0 unspecified atom stereocenters. The van der Waals surface area contributed by atoms with Crippen LogP contribution in [0, 0.1) is 5.13 Å². The Morgan fingerprint density at radius 1 is 1.78 bits per heavy atom. The molecule has 0 fully saturated rings. The van der Waals surface area contributed by atoms with Gasteiger partial charge in [-0.15, -0.1) is 11.3 Å². The van der Waals surface area contributed by atoms with E-state index in [0.29, 0.717) is 0 Å². The van der Waals surface area contributed by atoms with E-state index in [0.717, 1.165) is 11.3 Å². The minimum Gasteiger partial charge on any atom is -0.365 e. The molecule has 48 valence electrons. The van der Waals surface area contributed by atoms with E-state index in [2.05, 4.69) is 0 Å². The van der Waals surface area contributed by atoms with Gasteiger partial charge in [0, 0.05) is 0 Å². The van der Waals surface area contributed by atoms with Crippen LogP contribution in [0.1, 0.15) is 10.4 Å². The van der Waals surface area contributed by atoms with Gasteiger partial charge >= 0.3 is 0 Å². The van der Waals surface area contributed by atoms with Crippen molar-refractivity contribution in [3.05, 3.63) is 22.1 Å². The molecule has 0 saturated heterocycles. The Balaban J connectivity index is 3.08. The summed E-state index contributed by atoms with van der Waals surface area (Å²) in [7, 11) is 0. The molecule has 0 atom stereocenters. The van der Waals surface area contributed by atoms with Crippen LogP contribution >= 0.6 is 11.3 Å².